The number of ketones is 1. The summed E-state index contributed by atoms with van der Waals surface area (Å²) in [4.78, 5) is 18.4. The van der Waals surface area contributed by atoms with Gasteiger partial charge in [0, 0.05) is 29.7 Å². The fourth-order valence-corrected chi connectivity index (χ4v) is 8.13. The van der Waals surface area contributed by atoms with Crippen LogP contribution in [0.15, 0.2) is 5.16 Å². The van der Waals surface area contributed by atoms with Crippen molar-refractivity contribution < 1.29 is 14.7 Å². The Kier molecular flexibility index (Phi) is 4.67. The first-order chi connectivity index (χ1) is 13.8. The van der Waals surface area contributed by atoms with Crippen molar-refractivity contribution in [3.05, 3.63) is 0 Å². The van der Waals surface area contributed by atoms with Gasteiger partial charge in [0.2, 0.25) is 0 Å². The van der Waals surface area contributed by atoms with E-state index in [1.54, 1.807) is 0 Å². The molecule has 162 valence electrons. The van der Waals surface area contributed by atoms with Crippen LogP contribution in [0.2, 0.25) is 0 Å². The van der Waals surface area contributed by atoms with E-state index >= 15 is 0 Å². The van der Waals surface area contributed by atoms with Gasteiger partial charge in [-0.1, -0.05) is 19.0 Å². The van der Waals surface area contributed by atoms with Gasteiger partial charge in [0.05, 0.1) is 11.3 Å². The van der Waals surface area contributed by atoms with Crippen LogP contribution in [0.1, 0.15) is 90.9 Å². The minimum Gasteiger partial charge on any atom is -0.391 e. The monoisotopic (exact) mass is 402 g/mol. The summed E-state index contributed by atoms with van der Waals surface area (Å²) >= 11 is 0. The lowest BCUT2D eigenvalue weighted by Crippen LogP contribution is -2.62. The van der Waals surface area contributed by atoms with Crippen molar-refractivity contribution in [2.75, 3.05) is 0 Å². The SMILES string of the molecule is C[C@]12CC[C@H]3[C@@H](CC[C@@]4(O)CC(=NOC5CCCC5N)CC[C@]34C)[C@@H]1CCC2=O. The van der Waals surface area contributed by atoms with E-state index in [4.69, 9.17) is 10.6 Å². The zero-order valence-electron chi connectivity index (χ0n) is 18.2. The molecular weight excluding hydrogens is 364 g/mol. The molecule has 0 bridgehead atoms. The topological polar surface area (TPSA) is 84.9 Å². The van der Waals surface area contributed by atoms with Gasteiger partial charge >= 0.3 is 0 Å². The van der Waals surface area contributed by atoms with Gasteiger partial charge in [-0.05, 0) is 82.0 Å². The normalized spacial score (nSPS) is 53.4. The molecule has 5 fully saturated rings. The summed E-state index contributed by atoms with van der Waals surface area (Å²) < 4.78 is 0. The van der Waals surface area contributed by atoms with Gasteiger partial charge < -0.3 is 15.7 Å². The Morgan fingerprint density at radius 3 is 2.62 bits per heavy atom. The standard InChI is InChI=1S/C24H38N2O3/c1-22-11-10-18-16(17(22)6-7-21(22)27)9-13-24(28)14-15(8-12-23(18,24)2)26-29-20-5-3-4-19(20)25/h16-20,28H,3-14,25H2,1-2H3/t16-,17-,18-,19?,20?,22-,23+,24+/m0/s1. The number of carbonyl (C=O) groups excluding carboxylic acids is 1. The Morgan fingerprint density at radius 2 is 1.86 bits per heavy atom. The number of carbonyl (C=O) groups is 1. The molecule has 2 unspecified atom stereocenters. The fourth-order valence-electron chi connectivity index (χ4n) is 8.13. The zero-order valence-corrected chi connectivity index (χ0v) is 18.2. The number of hydrogen-bond acceptors (Lipinski definition) is 5. The molecule has 0 aromatic heterocycles. The Morgan fingerprint density at radius 1 is 1.03 bits per heavy atom. The quantitative estimate of drug-likeness (QED) is 0.685. The predicted molar refractivity (Wildman–Crippen MR) is 112 cm³/mol. The summed E-state index contributed by atoms with van der Waals surface area (Å²) in [6.07, 6.45) is 11.5. The lowest BCUT2D eigenvalue weighted by Gasteiger charge is -2.62. The van der Waals surface area contributed by atoms with Gasteiger partial charge in [-0.2, -0.15) is 0 Å². The van der Waals surface area contributed by atoms with E-state index in [2.05, 4.69) is 19.0 Å². The van der Waals surface area contributed by atoms with Gasteiger partial charge in [-0.3, -0.25) is 4.79 Å². The van der Waals surface area contributed by atoms with Gasteiger partial charge in [0.1, 0.15) is 11.9 Å². The summed E-state index contributed by atoms with van der Waals surface area (Å²) in [7, 11) is 0. The Labute approximate surface area is 174 Å². The Hall–Kier alpha value is -0.940. The van der Waals surface area contributed by atoms with Gasteiger partial charge in [0.15, 0.2) is 0 Å². The van der Waals surface area contributed by atoms with Crippen molar-refractivity contribution in [3.8, 4) is 0 Å². The lowest BCUT2D eigenvalue weighted by atomic mass is 9.43. The second-order valence-corrected chi connectivity index (χ2v) is 11.4. The number of hydrogen-bond donors (Lipinski definition) is 2. The first kappa shape index (κ1) is 20.0. The minimum absolute atomic E-state index is 0.0390. The van der Waals surface area contributed by atoms with Crippen molar-refractivity contribution in [1.29, 1.82) is 0 Å². The molecule has 5 aliphatic rings. The number of fused-ring (bicyclic) bond motifs is 5. The number of nitrogens with zero attached hydrogens (tertiary/aromatic N) is 1. The largest absolute Gasteiger partial charge is 0.391 e. The molecule has 0 amide bonds. The molecule has 0 aromatic carbocycles. The molecule has 5 rings (SSSR count). The van der Waals surface area contributed by atoms with Crippen LogP contribution < -0.4 is 5.73 Å². The molecular formula is C24H38N2O3. The van der Waals surface area contributed by atoms with Crippen LogP contribution in [0.4, 0.5) is 0 Å². The van der Waals surface area contributed by atoms with Gasteiger partial charge in [-0.15, -0.1) is 0 Å². The highest BCUT2D eigenvalue weighted by molar-refractivity contribution is 5.87. The highest BCUT2D eigenvalue weighted by atomic mass is 16.6. The highest BCUT2D eigenvalue weighted by Gasteiger charge is 2.64. The van der Waals surface area contributed by atoms with Crippen LogP contribution in [0, 0.1) is 28.6 Å². The van der Waals surface area contributed by atoms with Crippen LogP contribution in [-0.2, 0) is 9.63 Å². The summed E-state index contributed by atoms with van der Waals surface area (Å²) in [6.45, 7) is 4.55. The van der Waals surface area contributed by atoms with Crippen LogP contribution in [-0.4, -0.2) is 34.3 Å². The third-order valence-corrected chi connectivity index (χ3v) is 10.2. The van der Waals surface area contributed by atoms with E-state index in [9.17, 15) is 9.90 Å². The third kappa shape index (κ3) is 2.86. The second-order valence-electron chi connectivity index (χ2n) is 11.4. The molecule has 3 N–H and O–H groups in total. The van der Waals surface area contributed by atoms with Crippen molar-refractivity contribution in [1.82, 2.24) is 0 Å². The molecule has 0 spiro atoms. The van der Waals surface area contributed by atoms with Crippen molar-refractivity contribution >= 4 is 11.5 Å². The van der Waals surface area contributed by atoms with Crippen molar-refractivity contribution in [3.63, 3.8) is 0 Å². The summed E-state index contributed by atoms with van der Waals surface area (Å²) in [5.41, 5.74) is 6.26. The number of oxime groups is 1. The second kappa shape index (κ2) is 6.78. The molecule has 8 atom stereocenters. The lowest BCUT2D eigenvalue weighted by molar-refractivity contribution is -0.188. The first-order valence-electron chi connectivity index (χ1n) is 12.0. The highest BCUT2D eigenvalue weighted by Crippen LogP contribution is 2.66. The molecule has 0 radical (unpaired) electrons. The predicted octanol–water partition coefficient (Wildman–Crippen LogP) is 3.97. The number of Topliss-reactive ketones (excluding diaryl/α,β-unsaturated/α-hetero) is 1. The maximum absolute atomic E-state index is 12.6. The van der Waals surface area contributed by atoms with E-state index in [1.807, 2.05) is 0 Å². The maximum Gasteiger partial charge on any atom is 0.142 e. The van der Waals surface area contributed by atoms with Crippen molar-refractivity contribution in [2.45, 2.75) is 109 Å². The molecule has 5 nitrogen and oxygen atoms in total. The summed E-state index contributed by atoms with van der Waals surface area (Å²) in [5.74, 6) is 2.14. The molecule has 0 aromatic rings. The zero-order chi connectivity index (χ0) is 20.4. The molecule has 0 saturated heterocycles. The molecule has 0 aliphatic heterocycles. The van der Waals surface area contributed by atoms with E-state index < -0.39 is 5.60 Å². The summed E-state index contributed by atoms with van der Waals surface area (Å²) in [5, 5.41) is 16.3. The molecule has 5 aliphatic carbocycles. The average Bonchev–Trinajstić information content (AvgIpc) is 3.23. The van der Waals surface area contributed by atoms with Crippen LogP contribution in [0.5, 0.6) is 0 Å². The first-order valence-corrected chi connectivity index (χ1v) is 12.0. The van der Waals surface area contributed by atoms with E-state index in [-0.39, 0.29) is 23.0 Å². The Balaban J connectivity index is 1.34. The number of aliphatic hydroxyl groups is 1. The molecule has 29 heavy (non-hydrogen) atoms. The van der Waals surface area contributed by atoms with E-state index in [0.717, 1.165) is 76.3 Å². The molecule has 0 heterocycles. The summed E-state index contributed by atoms with van der Waals surface area (Å²) in [6, 6.07) is 0.0948. The smallest absolute Gasteiger partial charge is 0.142 e. The number of nitrogens with two attached hydrogens (primary N) is 1. The maximum atomic E-state index is 12.6. The third-order valence-electron chi connectivity index (χ3n) is 10.2. The van der Waals surface area contributed by atoms with Crippen LogP contribution >= 0.6 is 0 Å². The Bertz CT molecular complexity index is 723. The van der Waals surface area contributed by atoms with Gasteiger partial charge in [0.25, 0.3) is 0 Å². The van der Waals surface area contributed by atoms with E-state index in [0.29, 0.717) is 30.0 Å². The van der Waals surface area contributed by atoms with Crippen molar-refractivity contribution in [2.24, 2.45) is 39.5 Å². The average molecular weight is 403 g/mol. The fraction of sp³-hybridized carbons (Fsp3) is 0.917. The van der Waals surface area contributed by atoms with Gasteiger partial charge in [-0.25, -0.2) is 0 Å². The van der Waals surface area contributed by atoms with E-state index in [1.165, 1.54) is 0 Å². The minimum atomic E-state index is -0.692. The van der Waals surface area contributed by atoms with Crippen LogP contribution in [0.3, 0.4) is 0 Å². The molecule has 5 heteroatoms. The van der Waals surface area contributed by atoms with Crippen LogP contribution in [0.25, 0.3) is 0 Å². The molecule has 5 saturated carbocycles. The number of rotatable bonds is 2.